The zero-order valence-electron chi connectivity index (χ0n) is 13.9. The second-order valence-electron chi connectivity index (χ2n) is 4.85. The molecule has 0 aliphatic carbocycles. The van der Waals surface area contributed by atoms with Crippen LogP contribution < -0.4 is 5.19 Å². The highest BCUT2D eigenvalue weighted by Crippen LogP contribution is 2.46. The van der Waals surface area contributed by atoms with E-state index < -0.39 is 8.80 Å². The molecule has 3 rings (SSSR count). The summed E-state index contributed by atoms with van der Waals surface area (Å²) in [6, 6.07) is 16.2. The summed E-state index contributed by atoms with van der Waals surface area (Å²) in [5.74, 6) is 0. The minimum Gasteiger partial charge on any atom is -0.373 e. The number of para-hydroxylation sites is 1. The first-order chi connectivity index (χ1) is 12.2. The Hall–Kier alpha value is -0.523. The molecule has 132 valence electrons. The van der Waals surface area contributed by atoms with Crippen molar-refractivity contribution in [2.24, 2.45) is 0 Å². The molecule has 25 heavy (non-hydrogen) atoms. The van der Waals surface area contributed by atoms with Gasteiger partial charge in [0.2, 0.25) is 0 Å². The predicted octanol–water partition coefficient (Wildman–Crippen LogP) is 4.83. The summed E-state index contributed by atoms with van der Waals surface area (Å²) in [6.45, 7) is 0. The Morgan fingerprint density at radius 1 is 0.880 bits per heavy atom. The molecular formula is C16H17NO3S4Si. The third kappa shape index (κ3) is 4.25. The monoisotopic (exact) mass is 427 g/mol. The Bertz CT molecular complexity index is 800. The first-order valence-corrected chi connectivity index (χ1v) is 13.4. The molecule has 3 aromatic rings. The van der Waals surface area contributed by atoms with E-state index in [-0.39, 0.29) is 0 Å². The number of nitrogens with zero attached hydrogens (tertiary/aromatic N) is 1. The molecular weight excluding hydrogens is 411 g/mol. The zero-order valence-corrected chi connectivity index (χ0v) is 18.2. The van der Waals surface area contributed by atoms with Crippen LogP contribution in [0.2, 0.25) is 0 Å². The molecule has 0 fully saturated rings. The summed E-state index contributed by atoms with van der Waals surface area (Å²) in [7, 11) is 7.04. The summed E-state index contributed by atoms with van der Waals surface area (Å²) in [4.78, 5) is 5.73. The van der Waals surface area contributed by atoms with Gasteiger partial charge in [-0.15, -0.1) is 11.3 Å². The van der Waals surface area contributed by atoms with E-state index in [1.54, 1.807) is 64.1 Å². The third-order valence-corrected chi connectivity index (χ3v) is 11.6. The van der Waals surface area contributed by atoms with E-state index in [1.807, 2.05) is 36.4 Å². The topological polar surface area (TPSA) is 40.6 Å². The van der Waals surface area contributed by atoms with E-state index in [4.69, 9.17) is 13.3 Å². The van der Waals surface area contributed by atoms with Crippen molar-refractivity contribution in [2.45, 2.75) is 9.24 Å². The fraction of sp³-hybridized carbons (Fsp3) is 0.188. The first kappa shape index (κ1) is 19.2. The Morgan fingerprint density at radius 2 is 1.56 bits per heavy atom. The van der Waals surface area contributed by atoms with Gasteiger partial charge in [-0.05, 0) is 49.6 Å². The number of benzene rings is 2. The number of fused-ring (bicyclic) bond motifs is 1. The van der Waals surface area contributed by atoms with Gasteiger partial charge in [-0.1, -0.05) is 30.3 Å². The fourth-order valence-corrected chi connectivity index (χ4v) is 10.2. The second-order valence-corrected chi connectivity index (χ2v) is 12.9. The summed E-state index contributed by atoms with van der Waals surface area (Å²) < 4.78 is 19.1. The molecule has 0 atom stereocenters. The lowest BCUT2D eigenvalue weighted by Crippen LogP contribution is -2.55. The van der Waals surface area contributed by atoms with Crippen LogP contribution in [0.25, 0.3) is 10.2 Å². The highest BCUT2D eigenvalue weighted by atomic mass is 33.5. The van der Waals surface area contributed by atoms with Gasteiger partial charge in [0, 0.05) is 31.4 Å². The highest BCUT2D eigenvalue weighted by Gasteiger charge is 2.42. The second kappa shape index (κ2) is 8.91. The average molecular weight is 428 g/mol. The van der Waals surface area contributed by atoms with Crippen molar-refractivity contribution in [2.75, 3.05) is 21.3 Å². The van der Waals surface area contributed by atoms with Crippen LogP contribution >= 0.6 is 42.8 Å². The molecule has 2 aromatic carbocycles. The molecule has 0 amide bonds. The van der Waals surface area contributed by atoms with Gasteiger partial charge in [0.1, 0.15) is 0 Å². The van der Waals surface area contributed by atoms with Crippen molar-refractivity contribution >= 4 is 67.0 Å². The van der Waals surface area contributed by atoms with Crippen LogP contribution in [0.3, 0.4) is 0 Å². The van der Waals surface area contributed by atoms with E-state index in [2.05, 4.69) is 17.1 Å². The number of aromatic nitrogens is 1. The van der Waals surface area contributed by atoms with Crippen LogP contribution in [-0.2, 0) is 13.3 Å². The molecule has 4 nitrogen and oxygen atoms in total. The van der Waals surface area contributed by atoms with Crippen LogP contribution in [0.4, 0.5) is 0 Å². The molecule has 0 aliphatic rings. The number of hydrogen-bond donors (Lipinski definition) is 0. The largest absolute Gasteiger partial charge is 0.537 e. The molecule has 9 heteroatoms. The summed E-state index contributed by atoms with van der Waals surface area (Å²) in [5, 5.41) is 0.977. The van der Waals surface area contributed by atoms with Crippen LogP contribution in [0.15, 0.2) is 57.8 Å². The molecule has 0 N–H and O–H groups in total. The molecule has 0 aliphatic heterocycles. The van der Waals surface area contributed by atoms with E-state index in [0.717, 1.165) is 19.9 Å². The minimum absolute atomic E-state index is 0.977. The number of hydrogen-bond acceptors (Lipinski definition) is 8. The standard InChI is InChI=1S/C16H17NO3S4Si/c1-18-25(19-2,20-3)15-11-7-6-10-14(15)22-24-23-16-17-12-8-4-5-9-13(12)21-16/h4-11H,1-3H3. The number of thiazole rings is 1. The summed E-state index contributed by atoms with van der Waals surface area (Å²) >= 11 is 1.71. The van der Waals surface area contributed by atoms with Gasteiger partial charge < -0.3 is 13.3 Å². The molecule has 0 saturated carbocycles. The molecule has 0 bridgehead atoms. The highest BCUT2D eigenvalue weighted by molar-refractivity contribution is 9.09. The zero-order chi connectivity index (χ0) is 17.7. The van der Waals surface area contributed by atoms with E-state index >= 15 is 0 Å². The van der Waals surface area contributed by atoms with Crippen molar-refractivity contribution in [1.29, 1.82) is 0 Å². The third-order valence-electron chi connectivity index (χ3n) is 3.53. The summed E-state index contributed by atoms with van der Waals surface area (Å²) in [5.41, 5.74) is 1.05. The smallest absolute Gasteiger partial charge is 0.373 e. The van der Waals surface area contributed by atoms with Crippen LogP contribution in [0, 0.1) is 0 Å². The van der Waals surface area contributed by atoms with Gasteiger partial charge in [-0.25, -0.2) is 4.98 Å². The normalized spacial score (nSPS) is 12.0. The maximum atomic E-state index is 5.62. The SMILES string of the molecule is CO[Si](OC)(OC)c1ccccc1SSSc1nc2ccccc2s1. The Morgan fingerprint density at radius 3 is 2.28 bits per heavy atom. The lowest BCUT2D eigenvalue weighted by atomic mass is 10.3. The average Bonchev–Trinajstić information content (AvgIpc) is 3.07. The first-order valence-electron chi connectivity index (χ1n) is 7.34. The summed E-state index contributed by atoms with van der Waals surface area (Å²) in [6.07, 6.45) is 0. The quantitative estimate of drug-likeness (QED) is 0.377. The molecule has 1 aromatic heterocycles. The van der Waals surface area contributed by atoms with Gasteiger partial charge in [0.05, 0.1) is 10.2 Å². The van der Waals surface area contributed by atoms with Crippen LogP contribution in [0.1, 0.15) is 0 Å². The van der Waals surface area contributed by atoms with Crippen molar-refractivity contribution in [3.8, 4) is 0 Å². The Labute approximate surface area is 163 Å². The molecule has 0 spiro atoms. The van der Waals surface area contributed by atoms with Gasteiger partial charge in [0.15, 0.2) is 4.34 Å². The van der Waals surface area contributed by atoms with Crippen molar-refractivity contribution in [3.63, 3.8) is 0 Å². The van der Waals surface area contributed by atoms with E-state index in [9.17, 15) is 0 Å². The lowest BCUT2D eigenvalue weighted by molar-refractivity contribution is 0.140. The van der Waals surface area contributed by atoms with E-state index in [0.29, 0.717) is 0 Å². The van der Waals surface area contributed by atoms with Crippen molar-refractivity contribution in [1.82, 2.24) is 4.98 Å². The molecule has 1 heterocycles. The number of rotatable bonds is 8. The molecule has 0 saturated heterocycles. The predicted molar refractivity (Wildman–Crippen MR) is 112 cm³/mol. The molecule has 0 radical (unpaired) electrons. The van der Waals surface area contributed by atoms with E-state index in [1.165, 1.54) is 4.70 Å². The van der Waals surface area contributed by atoms with Gasteiger partial charge >= 0.3 is 8.80 Å². The van der Waals surface area contributed by atoms with Crippen LogP contribution in [0.5, 0.6) is 0 Å². The van der Waals surface area contributed by atoms with Gasteiger partial charge in [0.25, 0.3) is 0 Å². The lowest BCUT2D eigenvalue weighted by Gasteiger charge is -2.26. The maximum absolute atomic E-state index is 5.62. The van der Waals surface area contributed by atoms with Crippen molar-refractivity contribution in [3.05, 3.63) is 48.5 Å². The maximum Gasteiger partial charge on any atom is 0.537 e. The Kier molecular flexibility index (Phi) is 6.86. The van der Waals surface area contributed by atoms with Crippen LogP contribution in [-0.4, -0.2) is 35.1 Å². The van der Waals surface area contributed by atoms with Gasteiger partial charge in [-0.3, -0.25) is 0 Å². The van der Waals surface area contributed by atoms with Gasteiger partial charge in [-0.2, -0.15) is 0 Å². The van der Waals surface area contributed by atoms with Crippen molar-refractivity contribution < 1.29 is 13.3 Å². The molecule has 0 unspecified atom stereocenters. The minimum atomic E-state index is -2.85. The fourth-order valence-electron chi connectivity index (χ4n) is 2.34. The Balaban J connectivity index is 1.73.